The Hall–Kier alpha value is -2.55. The monoisotopic (exact) mass is 295 g/mol. The minimum Gasteiger partial charge on any atom is -0.461 e. The molecule has 3 heteroatoms. The van der Waals surface area contributed by atoms with E-state index in [0.29, 0.717) is 25.4 Å². The average molecular weight is 295 g/mol. The molecular formula is C19H21NO2. The predicted molar refractivity (Wildman–Crippen MR) is 87.9 cm³/mol. The summed E-state index contributed by atoms with van der Waals surface area (Å²) < 4.78 is 5.08. The van der Waals surface area contributed by atoms with Crippen LogP contribution in [0.3, 0.4) is 0 Å². The van der Waals surface area contributed by atoms with Crippen LogP contribution in [0.25, 0.3) is 0 Å². The van der Waals surface area contributed by atoms with Gasteiger partial charge in [-0.3, -0.25) is 0 Å². The molecule has 3 nitrogen and oxygen atoms in total. The summed E-state index contributed by atoms with van der Waals surface area (Å²) in [6, 6.07) is 20.1. The third kappa shape index (κ3) is 4.48. The van der Waals surface area contributed by atoms with Crippen molar-refractivity contribution in [1.29, 1.82) is 0 Å². The van der Waals surface area contributed by atoms with Crippen molar-refractivity contribution in [2.45, 2.75) is 20.0 Å². The number of hydrogen-bond donors (Lipinski definition) is 0. The Labute approximate surface area is 131 Å². The Kier molecular flexibility index (Phi) is 5.78. The first-order valence-corrected chi connectivity index (χ1v) is 7.39. The van der Waals surface area contributed by atoms with E-state index in [4.69, 9.17) is 4.74 Å². The van der Waals surface area contributed by atoms with Gasteiger partial charge in [-0.1, -0.05) is 67.2 Å². The molecule has 0 spiro atoms. The number of rotatable bonds is 7. The zero-order valence-electron chi connectivity index (χ0n) is 12.9. The highest BCUT2D eigenvalue weighted by atomic mass is 16.5. The topological polar surface area (TPSA) is 29.5 Å². The smallest absolute Gasteiger partial charge is 0.353 e. The summed E-state index contributed by atoms with van der Waals surface area (Å²) in [5.41, 5.74) is 2.64. The SMILES string of the molecule is C=C(C(=O)OCC)N(Cc1ccccc1)Cc1ccccc1. The molecule has 0 aliphatic heterocycles. The molecule has 0 aliphatic rings. The van der Waals surface area contributed by atoms with Gasteiger partial charge in [-0.15, -0.1) is 0 Å². The third-order valence-corrected chi connectivity index (χ3v) is 3.33. The fraction of sp³-hybridized carbons (Fsp3) is 0.211. The van der Waals surface area contributed by atoms with Crippen LogP contribution in [0, 0.1) is 0 Å². The molecule has 0 amide bonds. The van der Waals surface area contributed by atoms with E-state index < -0.39 is 0 Å². The quantitative estimate of drug-likeness (QED) is 0.575. The van der Waals surface area contributed by atoms with Crippen molar-refractivity contribution in [2.75, 3.05) is 6.61 Å². The molecule has 2 aromatic rings. The van der Waals surface area contributed by atoms with E-state index in [1.165, 1.54) is 0 Å². The highest BCUT2D eigenvalue weighted by Gasteiger charge is 2.17. The van der Waals surface area contributed by atoms with Gasteiger partial charge in [0.2, 0.25) is 0 Å². The van der Waals surface area contributed by atoms with E-state index in [-0.39, 0.29) is 5.97 Å². The third-order valence-electron chi connectivity index (χ3n) is 3.33. The summed E-state index contributed by atoms with van der Waals surface area (Å²) in [6.45, 7) is 7.30. The van der Waals surface area contributed by atoms with Crippen molar-refractivity contribution in [3.63, 3.8) is 0 Å². The van der Waals surface area contributed by atoms with Gasteiger partial charge in [-0.05, 0) is 18.1 Å². The first-order valence-electron chi connectivity index (χ1n) is 7.39. The van der Waals surface area contributed by atoms with Crippen LogP contribution in [0.15, 0.2) is 72.9 Å². The normalized spacial score (nSPS) is 10.0. The standard InChI is InChI=1S/C19H21NO2/c1-3-22-19(21)16(2)20(14-17-10-6-4-7-11-17)15-18-12-8-5-9-13-18/h4-13H,2-3,14-15H2,1H3. The number of carbonyl (C=O) groups is 1. The van der Waals surface area contributed by atoms with Gasteiger partial charge in [0.1, 0.15) is 5.70 Å². The summed E-state index contributed by atoms with van der Waals surface area (Å²) >= 11 is 0. The van der Waals surface area contributed by atoms with Gasteiger partial charge in [0.25, 0.3) is 0 Å². The molecule has 0 bridgehead atoms. The molecule has 0 atom stereocenters. The molecule has 22 heavy (non-hydrogen) atoms. The highest BCUT2D eigenvalue weighted by Crippen LogP contribution is 2.15. The van der Waals surface area contributed by atoms with Crippen LogP contribution in [0.5, 0.6) is 0 Å². The highest BCUT2D eigenvalue weighted by molar-refractivity contribution is 5.87. The maximum absolute atomic E-state index is 12.0. The van der Waals surface area contributed by atoms with Crippen molar-refractivity contribution < 1.29 is 9.53 Å². The fourth-order valence-corrected chi connectivity index (χ4v) is 2.20. The van der Waals surface area contributed by atoms with Crippen molar-refractivity contribution in [3.8, 4) is 0 Å². The second-order valence-electron chi connectivity index (χ2n) is 4.99. The minimum atomic E-state index is -0.366. The zero-order chi connectivity index (χ0) is 15.8. The van der Waals surface area contributed by atoms with Gasteiger partial charge < -0.3 is 9.64 Å². The van der Waals surface area contributed by atoms with Gasteiger partial charge in [-0.2, -0.15) is 0 Å². The summed E-state index contributed by atoms with van der Waals surface area (Å²) in [5.74, 6) is -0.366. The second-order valence-corrected chi connectivity index (χ2v) is 4.99. The zero-order valence-corrected chi connectivity index (χ0v) is 12.9. The molecule has 2 aromatic carbocycles. The fourth-order valence-electron chi connectivity index (χ4n) is 2.20. The van der Waals surface area contributed by atoms with E-state index in [9.17, 15) is 4.79 Å². The van der Waals surface area contributed by atoms with Crippen LogP contribution in [0.2, 0.25) is 0 Å². The van der Waals surface area contributed by atoms with Gasteiger partial charge in [0.15, 0.2) is 0 Å². The first-order chi connectivity index (χ1) is 10.7. The van der Waals surface area contributed by atoms with Crippen LogP contribution >= 0.6 is 0 Å². The van der Waals surface area contributed by atoms with E-state index in [0.717, 1.165) is 11.1 Å². The summed E-state index contributed by atoms with van der Waals surface area (Å²) in [7, 11) is 0. The van der Waals surface area contributed by atoms with Crippen molar-refractivity contribution in [2.24, 2.45) is 0 Å². The molecule has 0 fully saturated rings. The molecule has 114 valence electrons. The van der Waals surface area contributed by atoms with Crippen LogP contribution in [-0.2, 0) is 22.6 Å². The van der Waals surface area contributed by atoms with Crippen LogP contribution in [-0.4, -0.2) is 17.5 Å². The molecule has 0 N–H and O–H groups in total. The number of carbonyl (C=O) groups excluding carboxylic acids is 1. The van der Waals surface area contributed by atoms with Crippen LogP contribution in [0.1, 0.15) is 18.1 Å². The molecule has 0 radical (unpaired) electrons. The molecule has 0 saturated carbocycles. The molecule has 0 saturated heterocycles. The Bertz CT molecular complexity index is 566. The van der Waals surface area contributed by atoms with E-state index in [1.54, 1.807) is 6.92 Å². The lowest BCUT2D eigenvalue weighted by Gasteiger charge is -2.25. The largest absolute Gasteiger partial charge is 0.461 e. The van der Waals surface area contributed by atoms with Gasteiger partial charge >= 0.3 is 5.97 Å². The number of nitrogens with zero attached hydrogens (tertiary/aromatic N) is 1. The Morgan fingerprint density at radius 2 is 1.41 bits per heavy atom. The lowest BCUT2D eigenvalue weighted by molar-refractivity contribution is -0.140. The van der Waals surface area contributed by atoms with Crippen molar-refractivity contribution >= 4 is 5.97 Å². The molecule has 0 aromatic heterocycles. The van der Waals surface area contributed by atoms with Gasteiger partial charge in [-0.25, -0.2) is 4.79 Å². The van der Waals surface area contributed by atoms with Crippen molar-refractivity contribution in [1.82, 2.24) is 4.90 Å². The maximum atomic E-state index is 12.0. The van der Waals surface area contributed by atoms with E-state index in [2.05, 4.69) is 6.58 Å². The first kappa shape index (κ1) is 15.8. The summed E-state index contributed by atoms with van der Waals surface area (Å²) in [5, 5.41) is 0. The second kappa shape index (κ2) is 8.03. The van der Waals surface area contributed by atoms with E-state index >= 15 is 0 Å². The molecule has 0 unspecified atom stereocenters. The van der Waals surface area contributed by atoms with Gasteiger partial charge in [0.05, 0.1) is 6.61 Å². The van der Waals surface area contributed by atoms with Gasteiger partial charge in [0, 0.05) is 13.1 Å². The number of benzene rings is 2. The molecule has 2 rings (SSSR count). The average Bonchev–Trinajstić information content (AvgIpc) is 2.56. The van der Waals surface area contributed by atoms with Crippen LogP contribution < -0.4 is 0 Å². The lowest BCUT2D eigenvalue weighted by atomic mass is 10.1. The number of ether oxygens (including phenoxy) is 1. The Morgan fingerprint density at radius 1 is 0.955 bits per heavy atom. The van der Waals surface area contributed by atoms with E-state index in [1.807, 2.05) is 65.6 Å². The predicted octanol–water partition coefficient (Wildman–Crippen LogP) is 3.77. The molecular weight excluding hydrogens is 274 g/mol. The Balaban J connectivity index is 2.16. The summed E-state index contributed by atoms with van der Waals surface area (Å²) in [4.78, 5) is 13.9. The number of hydrogen-bond acceptors (Lipinski definition) is 3. The number of esters is 1. The van der Waals surface area contributed by atoms with Crippen LogP contribution in [0.4, 0.5) is 0 Å². The molecule has 0 heterocycles. The lowest BCUT2D eigenvalue weighted by Crippen LogP contribution is -2.27. The maximum Gasteiger partial charge on any atom is 0.353 e. The Morgan fingerprint density at radius 3 is 1.82 bits per heavy atom. The summed E-state index contributed by atoms with van der Waals surface area (Å²) in [6.07, 6.45) is 0. The molecule has 0 aliphatic carbocycles. The minimum absolute atomic E-state index is 0.350. The van der Waals surface area contributed by atoms with Crippen molar-refractivity contribution in [3.05, 3.63) is 84.1 Å².